The maximum Gasteiger partial charge on any atom is 0.279 e. The summed E-state index contributed by atoms with van der Waals surface area (Å²) < 4.78 is 28.5. The standard InChI is InChI=1S/C11H25N3O2S/c1-10(8-12-3)9-13-17(15,16)14-7-5-4-6-11(14)2/h10-13H,4-9H2,1-3H3. The maximum atomic E-state index is 12.1. The second-order valence-electron chi connectivity index (χ2n) is 4.97. The highest BCUT2D eigenvalue weighted by molar-refractivity contribution is 7.87. The Kier molecular flexibility index (Phi) is 5.85. The average Bonchev–Trinajstić information content (AvgIpc) is 2.27. The SMILES string of the molecule is CNCC(C)CNS(=O)(=O)N1CCCCC1C. The molecule has 0 bridgehead atoms. The third kappa shape index (κ3) is 4.54. The number of hydrogen-bond donors (Lipinski definition) is 2. The molecule has 1 fully saturated rings. The van der Waals surface area contributed by atoms with Crippen molar-refractivity contribution in [2.24, 2.45) is 5.92 Å². The summed E-state index contributed by atoms with van der Waals surface area (Å²) in [6, 6.07) is 0.126. The van der Waals surface area contributed by atoms with Gasteiger partial charge >= 0.3 is 0 Å². The van der Waals surface area contributed by atoms with Crippen LogP contribution >= 0.6 is 0 Å². The summed E-state index contributed by atoms with van der Waals surface area (Å²) in [6.07, 6.45) is 3.06. The molecule has 17 heavy (non-hydrogen) atoms. The van der Waals surface area contributed by atoms with E-state index in [-0.39, 0.29) is 6.04 Å². The summed E-state index contributed by atoms with van der Waals surface area (Å²) in [5.41, 5.74) is 0. The first kappa shape index (κ1) is 14.9. The molecule has 1 aliphatic rings. The van der Waals surface area contributed by atoms with Crippen molar-refractivity contribution in [2.45, 2.75) is 39.2 Å². The van der Waals surface area contributed by atoms with Crippen molar-refractivity contribution in [3.63, 3.8) is 0 Å². The predicted octanol–water partition coefficient (Wildman–Crippen LogP) is 0.551. The molecule has 2 N–H and O–H groups in total. The third-order valence-electron chi connectivity index (χ3n) is 3.22. The van der Waals surface area contributed by atoms with Crippen LogP contribution < -0.4 is 10.0 Å². The summed E-state index contributed by atoms with van der Waals surface area (Å²) in [6.45, 7) is 5.97. The number of hydrogen-bond acceptors (Lipinski definition) is 3. The fourth-order valence-electron chi connectivity index (χ4n) is 2.18. The predicted molar refractivity (Wildman–Crippen MR) is 70.0 cm³/mol. The van der Waals surface area contributed by atoms with Crippen molar-refractivity contribution in [3.05, 3.63) is 0 Å². The van der Waals surface area contributed by atoms with Crippen molar-refractivity contribution in [1.82, 2.24) is 14.3 Å². The Hall–Kier alpha value is -0.170. The quantitative estimate of drug-likeness (QED) is 0.736. The normalized spacial score (nSPS) is 24.8. The van der Waals surface area contributed by atoms with E-state index < -0.39 is 10.2 Å². The van der Waals surface area contributed by atoms with Crippen LogP contribution in [0, 0.1) is 5.92 Å². The van der Waals surface area contributed by atoms with Crippen molar-refractivity contribution < 1.29 is 8.42 Å². The molecule has 0 spiro atoms. The van der Waals surface area contributed by atoms with Gasteiger partial charge in [-0.2, -0.15) is 12.7 Å². The molecule has 2 unspecified atom stereocenters. The van der Waals surface area contributed by atoms with Gasteiger partial charge in [-0.15, -0.1) is 0 Å². The molecule has 0 amide bonds. The van der Waals surface area contributed by atoms with Crippen LogP contribution in [0.4, 0.5) is 0 Å². The van der Waals surface area contributed by atoms with E-state index in [4.69, 9.17) is 0 Å². The molecule has 6 heteroatoms. The highest BCUT2D eigenvalue weighted by Gasteiger charge is 2.29. The number of piperidine rings is 1. The number of nitrogens with one attached hydrogen (secondary N) is 2. The fourth-order valence-corrected chi connectivity index (χ4v) is 3.79. The smallest absolute Gasteiger partial charge is 0.279 e. The minimum absolute atomic E-state index is 0.126. The summed E-state index contributed by atoms with van der Waals surface area (Å²) in [7, 11) is -1.42. The summed E-state index contributed by atoms with van der Waals surface area (Å²) in [5.74, 6) is 0.301. The lowest BCUT2D eigenvalue weighted by molar-refractivity contribution is 0.264. The van der Waals surface area contributed by atoms with Crippen LogP contribution in [0.15, 0.2) is 0 Å². The molecule has 2 atom stereocenters. The van der Waals surface area contributed by atoms with Gasteiger partial charge in [0.1, 0.15) is 0 Å². The van der Waals surface area contributed by atoms with E-state index in [2.05, 4.69) is 10.0 Å². The molecule has 1 aliphatic heterocycles. The van der Waals surface area contributed by atoms with Gasteiger partial charge < -0.3 is 5.32 Å². The second kappa shape index (κ2) is 6.68. The van der Waals surface area contributed by atoms with Gasteiger partial charge in [0.05, 0.1) is 0 Å². The molecule has 0 aromatic rings. The van der Waals surface area contributed by atoms with Crippen LogP contribution in [0.1, 0.15) is 33.1 Å². The van der Waals surface area contributed by atoms with Crippen LogP contribution in [-0.2, 0) is 10.2 Å². The fraction of sp³-hybridized carbons (Fsp3) is 1.00. The Morgan fingerprint density at radius 3 is 2.65 bits per heavy atom. The molecule has 0 aromatic carbocycles. The molecule has 0 aromatic heterocycles. The number of nitrogens with zero attached hydrogens (tertiary/aromatic N) is 1. The first-order chi connectivity index (χ1) is 7.97. The zero-order chi connectivity index (χ0) is 12.9. The van der Waals surface area contributed by atoms with Crippen molar-refractivity contribution in [2.75, 3.05) is 26.7 Å². The van der Waals surface area contributed by atoms with E-state index in [1.807, 2.05) is 20.9 Å². The molecule has 1 saturated heterocycles. The first-order valence-corrected chi connectivity index (χ1v) is 7.82. The topological polar surface area (TPSA) is 61.4 Å². The van der Waals surface area contributed by atoms with Gasteiger partial charge in [-0.3, -0.25) is 0 Å². The van der Waals surface area contributed by atoms with Crippen molar-refractivity contribution in [1.29, 1.82) is 0 Å². The van der Waals surface area contributed by atoms with Gasteiger partial charge in [0.25, 0.3) is 10.2 Å². The van der Waals surface area contributed by atoms with Crippen LogP contribution in [-0.4, -0.2) is 45.4 Å². The molecular weight excluding hydrogens is 238 g/mol. The zero-order valence-electron chi connectivity index (χ0n) is 11.1. The van der Waals surface area contributed by atoms with Crippen molar-refractivity contribution >= 4 is 10.2 Å². The lowest BCUT2D eigenvalue weighted by Crippen LogP contribution is -2.49. The minimum Gasteiger partial charge on any atom is -0.319 e. The average molecular weight is 263 g/mol. The van der Waals surface area contributed by atoms with Crippen LogP contribution in [0.25, 0.3) is 0 Å². The molecule has 1 rings (SSSR count). The molecular formula is C11H25N3O2S. The van der Waals surface area contributed by atoms with Gasteiger partial charge in [0.2, 0.25) is 0 Å². The Balaban J connectivity index is 2.49. The third-order valence-corrected chi connectivity index (χ3v) is 4.91. The van der Waals surface area contributed by atoms with Crippen LogP contribution in [0.3, 0.4) is 0 Å². The maximum absolute atomic E-state index is 12.1. The summed E-state index contributed by atoms with van der Waals surface area (Å²) >= 11 is 0. The van der Waals surface area contributed by atoms with Gasteiger partial charge in [0, 0.05) is 19.1 Å². The minimum atomic E-state index is -3.29. The molecule has 0 saturated carbocycles. The van der Waals surface area contributed by atoms with E-state index in [0.29, 0.717) is 19.0 Å². The zero-order valence-corrected chi connectivity index (χ0v) is 11.9. The Labute approximate surface area is 105 Å². The molecule has 1 heterocycles. The first-order valence-electron chi connectivity index (χ1n) is 6.38. The molecule has 0 aliphatic carbocycles. The Bertz CT molecular complexity index is 319. The lowest BCUT2D eigenvalue weighted by atomic mass is 10.1. The van der Waals surface area contributed by atoms with Gasteiger partial charge in [-0.25, -0.2) is 4.72 Å². The van der Waals surface area contributed by atoms with Gasteiger partial charge in [-0.05, 0) is 39.3 Å². The van der Waals surface area contributed by atoms with Gasteiger partial charge in [-0.1, -0.05) is 13.3 Å². The Morgan fingerprint density at radius 1 is 1.35 bits per heavy atom. The Morgan fingerprint density at radius 2 is 2.06 bits per heavy atom. The highest BCUT2D eigenvalue weighted by atomic mass is 32.2. The molecule has 5 nitrogen and oxygen atoms in total. The molecule has 0 radical (unpaired) electrons. The largest absolute Gasteiger partial charge is 0.319 e. The van der Waals surface area contributed by atoms with Crippen LogP contribution in [0.2, 0.25) is 0 Å². The lowest BCUT2D eigenvalue weighted by Gasteiger charge is -2.32. The second-order valence-corrected chi connectivity index (χ2v) is 6.68. The van der Waals surface area contributed by atoms with Gasteiger partial charge in [0.15, 0.2) is 0 Å². The summed E-state index contributed by atoms with van der Waals surface area (Å²) in [4.78, 5) is 0. The summed E-state index contributed by atoms with van der Waals surface area (Å²) in [5, 5.41) is 3.04. The molecule has 102 valence electrons. The van der Waals surface area contributed by atoms with E-state index in [1.54, 1.807) is 4.31 Å². The van der Waals surface area contributed by atoms with E-state index >= 15 is 0 Å². The van der Waals surface area contributed by atoms with E-state index in [9.17, 15) is 8.42 Å². The monoisotopic (exact) mass is 263 g/mol. The van der Waals surface area contributed by atoms with E-state index in [0.717, 1.165) is 25.8 Å². The highest BCUT2D eigenvalue weighted by Crippen LogP contribution is 2.18. The van der Waals surface area contributed by atoms with Crippen molar-refractivity contribution in [3.8, 4) is 0 Å². The van der Waals surface area contributed by atoms with Crippen LogP contribution in [0.5, 0.6) is 0 Å². The van der Waals surface area contributed by atoms with E-state index in [1.165, 1.54) is 0 Å². The number of rotatable bonds is 6.